The first-order valence-electron chi connectivity index (χ1n) is 8.18. The van der Waals surface area contributed by atoms with Gasteiger partial charge in [0.05, 0.1) is 6.61 Å². The molecule has 1 unspecified atom stereocenters. The Morgan fingerprint density at radius 2 is 2.17 bits per heavy atom. The first kappa shape index (κ1) is 17.5. The van der Waals surface area contributed by atoms with Gasteiger partial charge in [-0.1, -0.05) is 0 Å². The summed E-state index contributed by atoms with van der Waals surface area (Å²) in [7, 11) is 0. The van der Waals surface area contributed by atoms with Gasteiger partial charge in [0.1, 0.15) is 5.92 Å². The fourth-order valence-electron chi connectivity index (χ4n) is 3.49. The van der Waals surface area contributed by atoms with E-state index in [4.69, 9.17) is 4.74 Å². The van der Waals surface area contributed by atoms with Crippen molar-refractivity contribution in [3.8, 4) is 0 Å². The summed E-state index contributed by atoms with van der Waals surface area (Å²) >= 11 is 5.18. The normalized spacial score (nSPS) is 23.8. The van der Waals surface area contributed by atoms with Gasteiger partial charge in [-0.25, -0.2) is 0 Å². The first-order valence-corrected chi connectivity index (χ1v) is 9.78. The number of ketones is 1. The Morgan fingerprint density at radius 1 is 1.42 bits per heavy atom. The van der Waals surface area contributed by atoms with Crippen molar-refractivity contribution >= 4 is 44.7 Å². The van der Waals surface area contributed by atoms with E-state index >= 15 is 0 Å². The van der Waals surface area contributed by atoms with Crippen LogP contribution >= 0.6 is 27.3 Å². The molecule has 0 saturated heterocycles. The van der Waals surface area contributed by atoms with E-state index in [1.807, 2.05) is 19.9 Å². The molecule has 1 aliphatic carbocycles. The zero-order valence-electron chi connectivity index (χ0n) is 14.0. The number of thiophene rings is 1. The van der Waals surface area contributed by atoms with Crippen LogP contribution < -0.4 is 0 Å². The van der Waals surface area contributed by atoms with Crippen LogP contribution in [0.3, 0.4) is 0 Å². The molecule has 0 saturated carbocycles. The van der Waals surface area contributed by atoms with E-state index in [0.717, 1.165) is 44.1 Å². The second-order valence-electron chi connectivity index (χ2n) is 6.15. The summed E-state index contributed by atoms with van der Waals surface area (Å²) in [6, 6.07) is 2.03. The van der Waals surface area contributed by atoms with Crippen LogP contribution in [0, 0.1) is 12.8 Å². The van der Waals surface area contributed by atoms with Crippen molar-refractivity contribution in [3.05, 3.63) is 31.6 Å². The number of ether oxygens (including phenoxy) is 1. The van der Waals surface area contributed by atoms with E-state index < -0.39 is 5.92 Å². The Kier molecular flexibility index (Phi) is 5.06. The number of hydrogen-bond donors (Lipinski definition) is 0. The van der Waals surface area contributed by atoms with Gasteiger partial charge in [0, 0.05) is 43.5 Å². The van der Waals surface area contributed by atoms with Gasteiger partial charge in [0.2, 0.25) is 0 Å². The molecule has 2 atom stereocenters. The van der Waals surface area contributed by atoms with Crippen molar-refractivity contribution in [2.45, 2.75) is 46.0 Å². The van der Waals surface area contributed by atoms with E-state index in [-0.39, 0.29) is 17.7 Å². The Bertz CT molecular complexity index is 743. The second-order valence-corrected chi connectivity index (χ2v) is 8.29. The van der Waals surface area contributed by atoms with Crippen molar-refractivity contribution in [1.29, 1.82) is 0 Å². The molecule has 24 heavy (non-hydrogen) atoms. The molecule has 1 aliphatic heterocycles. The summed E-state index contributed by atoms with van der Waals surface area (Å²) in [5.74, 6) is -0.972. The van der Waals surface area contributed by atoms with E-state index in [2.05, 4.69) is 20.9 Å². The summed E-state index contributed by atoms with van der Waals surface area (Å²) in [5.41, 5.74) is 2.32. The smallest absolute Gasteiger partial charge is 0.315 e. The van der Waals surface area contributed by atoms with Crippen molar-refractivity contribution in [2.75, 3.05) is 6.61 Å². The van der Waals surface area contributed by atoms with Gasteiger partial charge in [-0.05, 0) is 55.6 Å². The number of Topliss-reactive ketones (excluding diaryl/α,β-unsaturated/α-hetero) is 1. The molecule has 128 valence electrons. The Labute approximate surface area is 154 Å². The molecule has 2 heterocycles. The molecule has 0 amide bonds. The minimum absolute atomic E-state index is 0.119. The van der Waals surface area contributed by atoms with E-state index in [9.17, 15) is 9.59 Å². The number of aliphatic imine (C=N–C) groups is 1. The third-order valence-electron chi connectivity index (χ3n) is 4.56. The molecule has 0 fully saturated rings. The van der Waals surface area contributed by atoms with Gasteiger partial charge in [-0.15, -0.1) is 11.3 Å². The predicted octanol–water partition coefficient (Wildman–Crippen LogP) is 4.56. The zero-order valence-corrected chi connectivity index (χ0v) is 16.4. The zero-order chi connectivity index (χ0) is 17.4. The van der Waals surface area contributed by atoms with Gasteiger partial charge < -0.3 is 4.74 Å². The van der Waals surface area contributed by atoms with Crippen LogP contribution in [0.1, 0.15) is 48.8 Å². The summed E-state index contributed by atoms with van der Waals surface area (Å²) in [4.78, 5) is 32.0. The first-order chi connectivity index (χ1) is 11.4. The van der Waals surface area contributed by atoms with Crippen LogP contribution in [-0.2, 0) is 14.3 Å². The van der Waals surface area contributed by atoms with Crippen LogP contribution in [0.2, 0.25) is 0 Å². The number of esters is 1. The highest BCUT2D eigenvalue weighted by Crippen LogP contribution is 2.46. The molecule has 0 aromatic carbocycles. The van der Waals surface area contributed by atoms with E-state index in [1.54, 1.807) is 18.3 Å². The Balaban J connectivity index is 2.15. The summed E-state index contributed by atoms with van der Waals surface area (Å²) in [6.07, 6.45) is 2.17. The number of nitrogens with zero attached hydrogens (tertiary/aromatic N) is 1. The SMILES string of the molecule is CCOC(=O)C1C(C)=NC2=C(C(=O)CCC2)[C@H]1c1cc(Br)c(C)s1. The number of aryl methyl sites for hydroxylation is 1. The quantitative estimate of drug-likeness (QED) is 0.687. The molecule has 1 aromatic heterocycles. The number of carbonyl (C=O) groups excluding carboxylic acids is 2. The van der Waals surface area contributed by atoms with Crippen molar-refractivity contribution in [3.63, 3.8) is 0 Å². The Hall–Kier alpha value is -1.27. The maximum atomic E-state index is 12.7. The van der Waals surface area contributed by atoms with Crippen molar-refractivity contribution in [2.24, 2.45) is 10.9 Å². The molecule has 3 rings (SSSR count). The fraction of sp³-hybridized carbons (Fsp3) is 0.500. The van der Waals surface area contributed by atoms with Crippen LogP contribution in [-0.4, -0.2) is 24.1 Å². The lowest BCUT2D eigenvalue weighted by Crippen LogP contribution is -2.37. The highest BCUT2D eigenvalue weighted by atomic mass is 79.9. The van der Waals surface area contributed by atoms with Gasteiger partial charge >= 0.3 is 5.97 Å². The number of carbonyl (C=O) groups is 2. The van der Waals surface area contributed by atoms with Gasteiger partial charge in [-0.3, -0.25) is 14.6 Å². The predicted molar refractivity (Wildman–Crippen MR) is 98.6 cm³/mol. The molecule has 2 aliphatic rings. The minimum atomic E-state index is -0.518. The highest BCUT2D eigenvalue weighted by molar-refractivity contribution is 9.10. The summed E-state index contributed by atoms with van der Waals surface area (Å²) in [5, 5.41) is 0. The van der Waals surface area contributed by atoms with Crippen LogP contribution in [0.25, 0.3) is 0 Å². The van der Waals surface area contributed by atoms with Crippen LogP contribution in [0.5, 0.6) is 0 Å². The number of rotatable bonds is 3. The molecular weight excluding hydrogens is 390 g/mol. The summed E-state index contributed by atoms with van der Waals surface area (Å²) < 4.78 is 6.30. The molecule has 0 bridgehead atoms. The van der Waals surface area contributed by atoms with Crippen LogP contribution in [0.4, 0.5) is 0 Å². The molecule has 1 aromatic rings. The topological polar surface area (TPSA) is 55.7 Å². The summed E-state index contributed by atoms with van der Waals surface area (Å²) in [6.45, 7) is 6.01. The third-order valence-corrected chi connectivity index (χ3v) is 6.78. The number of allylic oxidation sites excluding steroid dienone is 2. The fourth-order valence-corrected chi connectivity index (χ4v) is 5.19. The second kappa shape index (κ2) is 6.92. The van der Waals surface area contributed by atoms with E-state index in [1.165, 1.54) is 0 Å². The molecule has 6 heteroatoms. The lowest BCUT2D eigenvalue weighted by molar-refractivity contribution is -0.146. The lowest BCUT2D eigenvalue weighted by atomic mass is 9.74. The van der Waals surface area contributed by atoms with Gasteiger partial charge in [0.25, 0.3) is 0 Å². The minimum Gasteiger partial charge on any atom is -0.465 e. The lowest BCUT2D eigenvalue weighted by Gasteiger charge is -2.33. The maximum Gasteiger partial charge on any atom is 0.315 e. The monoisotopic (exact) mass is 409 g/mol. The third kappa shape index (κ3) is 3.02. The molecule has 4 nitrogen and oxygen atoms in total. The standard InChI is InChI=1S/C18H20BrNO3S/c1-4-23-18(22)15-9(2)20-12-6-5-7-13(21)16(12)17(15)14-8-11(19)10(3)24-14/h8,15,17H,4-7H2,1-3H3/t15?,17-/m0/s1. The largest absolute Gasteiger partial charge is 0.465 e. The highest BCUT2D eigenvalue weighted by Gasteiger charge is 2.43. The number of hydrogen-bond acceptors (Lipinski definition) is 5. The average Bonchev–Trinajstić information content (AvgIpc) is 2.85. The van der Waals surface area contributed by atoms with Crippen molar-refractivity contribution < 1.29 is 14.3 Å². The van der Waals surface area contributed by atoms with Gasteiger partial charge in [0.15, 0.2) is 5.78 Å². The van der Waals surface area contributed by atoms with Crippen molar-refractivity contribution in [1.82, 2.24) is 0 Å². The average molecular weight is 410 g/mol. The maximum absolute atomic E-state index is 12.7. The number of halogens is 1. The molecule has 0 spiro atoms. The molecular formula is C18H20BrNO3S. The Morgan fingerprint density at radius 3 is 2.79 bits per heavy atom. The molecule has 0 radical (unpaired) electrons. The van der Waals surface area contributed by atoms with Crippen LogP contribution in [0.15, 0.2) is 26.8 Å². The molecule has 0 N–H and O–H groups in total. The van der Waals surface area contributed by atoms with Gasteiger partial charge in [-0.2, -0.15) is 0 Å². The van der Waals surface area contributed by atoms with E-state index in [0.29, 0.717) is 13.0 Å².